The van der Waals surface area contributed by atoms with Crippen LogP contribution in [0.3, 0.4) is 0 Å². The average Bonchev–Trinajstić information content (AvgIpc) is 2.24. The van der Waals surface area contributed by atoms with Gasteiger partial charge in [-0.1, -0.05) is 15.9 Å². The summed E-state index contributed by atoms with van der Waals surface area (Å²) < 4.78 is 5.41. The molecule has 0 fully saturated rings. The second-order valence-corrected chi connectivity index (χ2v) is 3.81. The van der Waals surface area contributed by atoms with E-state index in [1.54, 1.807) is 18.2 Å². The Morgan fingerprint density at radius 1 is 1.62 bits per heavy atom. The number of amides is 1. The summed E-state index contributed by atoms with van der Waals surface area (Å²) in [4.78, 5) is 10.3. The molecule has 5 nitrogen and oxygen atoms in total. The van der Waals surface area contributed by atoms with E-state index in [1.807, 2.05) is 0 Å². The van der Waals surface area contributed by atoms with Crippen molar-refractivity contribution in [3.8, 4) is 6.07 Å². The highest BCUT2D eigenvalue weighted by Crippen LogP contribution is 2.20. The van der Waals surface area contributed by atoms with Gasteiger partial charge in [0, 0.05) is 11.0 Å². The molecule has 0 aliphatic carbocycles. The van der Waals surface area contributed by atoms with Crippen molar-refractivity contribution in [3.05, 3.63) is 28.2 Å². The third-order valence-corrected chi connectivity index (χ3v) is 2.26. The van der Waals surface area contributed by atoms with Crippen molar-refractivity contribution < 1.29 is 9.53 Å². The van der Waals surface area contributed by atoms with E-state index < -0.39 is 6.09 Å². The number of nitrogens with two attached hydrogens (primary N) is 1. The van der Waals surface area contributed by atoms with Crippen LogP contribution in [-0.4, -0.2) is 19.2 Å². The maximum atomic E-state index is 10.3. The number of anilines is 1. The van der Waals surface area contributed by atoms with E-state index in [-0.39, 0.29) is 6.61 Å². The number of nitrogens with one attached hydrogen (secondary N) is 1. The third-order valence-electron chi connectivity index (χ3n) is 1.76. The van der Waals surface area contributed by atoms with Gasteiger partial charge in [0.15, 0.2) is 0 Å². The highest BCUT2D eigenvalue weighted by atomic mass is 79.9. The number of rotatable bonds is 4. The monoisotopic (exact) mass is 283 g/mol. The lowest BCUT2D eigenvalue weighted by Crippen LogP contribution is -2.18. The zero-order valence-electron chi connectivity index (χ0n) is 8.37. The number of hydrogen-bond acceptors (Lipinski definition) is 4. The van der Waals surface area contributed by atoms with Crippen molar-refractivity contribution in [2.45, 2.75) is 0 Å². The van der Waals surface area contributed by atoms with E-state index in [9.17, 15) is 4.79 Å². The topological polar surface area (TPSA) is 88.1 Å². The molecule has 0 aromatic heterocycles. The van der Waals surface area contributed by atoms with Gasteiger partial charge >= 0.3 is 6.09 Å². The highest BCUT2D eigenvalue weighted by molar-refractivity contribution is 9.10. The SMILES string of the molecule is N#Cc1ccc(Br)cc1NCCOC(N)=O. The molecule has 3 N–H and O–H groups in total. The molecule has 0 radical (unpaired) electrons. The summed E-state index contributed by atoms with van der Waals surface area (Å²) in [6.07, 6.45) is -0.809. The summed E-state index contributed by atoms with van der Waals surface area (Å²) >= 11 is 3.30. The van der Waals surface area contributed by atoms with Crippen LogP contribution in [0.5, 0.6) is 0 Å². The van der Waals surface area contributed by atoms with Crippen LogP contribution in [0.2, 0.25) is 0 Å². The molecule has 84 valence electrons. The summed E-state index contributed by atoms with van der Waals surface area (Å²) in [7, 11) is 0. The van der Waals surface area contributed by atoms with Crippen molar-refractivity contribution in [3.63, 3.8) is 0 Å². The van der Waals surface area contributed by atoms with E-state index in [0.29, 0.717) is 17.8 Å². The molecule has 0 spiro atoms. The Morgan fingerprint density at radius 3 is 3.00 bits per heavy atom. The van der Waals surface area contributed by atoms with Crippen LogP contribution in [0.1, 0.15) is 5.56 Å². The normalized spacial score (nSPS) is 9.25. The maximum Gasteiger partial charge on any atom is 0.404 e. The molecule has 0 aliphatic heterocycles. The molecule has 0 heterocycles. The summed E-state index contributed by atoms with van der Waals surface area (Å²) in [5.41, 5.74) is 6.02. The average molecular weight is 284 g/mol. The molecule has 16 heavy (non-hydrogen) atoms. The zero-order chi connectivity index (χ0) is 12.0. The number of nitriles is 1. The lowest BCUT2D eigenvalue weighted by atomic mass is 10.2. The van der Waals surface area contributed by atoms with Crippen LogP contribution in [0.15, 0.2) is 22.7 Å². The predicted octanol–water partition coefficient (Wildman–Crippen LogP) is 1.83. The number of halogens is 1. The van der Waals surface area contributed by atoms with Crippen LogP contribution in [-0.2, 0) is 4.74 Å². The Bertz CT molecular complexity index is 429. The van der Waals surface area contributed by atoms with Crippen molar-refractivity contribution in [1.29, 1.82) is 5.26 Å². The highest BCUT2D eigenvalue weighted by Gasteiger charge is 2.02. The summed E-state index contributed by atoms with van der Waals surface area (Å²) in [5, 5.41) is 11.8. The first-order valence-corrected chi connectivity index (χ1v) is 5.28. The van der Waals surface area contributed by atoms with Gasteiger partial charge in [-0.3, -0.25) is 0 Å². The van der Waals surface area contributed by atoms with E-state index in [4.69, 9.17) is 11.0 Å². The Hall–Kier alpha value is -1.74. The molecule has 1 rings (SSSR count). The molecular weight excluding hydrogens is 274 g/mol. The molecule has 0 aliphatic rings. The number of benzene rings is 1. The number of carbonyl (C=O) groups excluding carboxylic acids is 1. The summed E-state index contributed by atoms with van der Waals surface area (Å²) in [6, 6.07) is 7.31. The minimum Gasteiger partial charge on any atom is -0.448 e. The Morgan fingerprint density at radius 2 is 2.38 bits per heavy atom. The van der Waals surface area contributed by atoms with E-state index in [2.05, 4.69) is 32.1 Å². The Labute approximate surface area is 101 Å². The molecule has 0 atom stereocenters. The number of ether oxygens (including phenoxy) is 1. The quantitative estimate of drug-likeness (QED) is 0.825. The van der Waals surface area contributed by atoms with Crippen LogP contribution >= 0.6 is 15.9 Å². The van der Waals surface area contributed by atoms with Gasteiger partial charge in [-0.25, -0.2) is 4.79 Å². The van der Waals surface area contributed by atoms with E-state index in [1.165, 1.54) is 0 Å². The smallest absolute Gasteiger partial charge is 0.404 e. The number of hydrogen-bond donors (Lipinski definition) is 2. The van der Waals surface area contributed by atoms with Gasteiger partial charge in [0.05, 0.1) is 11.3 Å². The fraction of sp³-hybridized carbons (Fsp3) is 0.200. The lowest BCUT2D eigenvalue weighted by molar-refractivity contribution is 0.161. The fourth-order valence-electron chi connectivity index (χ4n) is 1.10. The van der Waals surface area contributed by atoms with Gasteiger partial charge in [-0.05, 0) is 18.2 Å². The van der Waals surface area contributed by atoms with Crippen molar-refractivity contribution >= 4 is 27.7 Å². The number of nitrogens with zero attached hydrogens (tertiary/aromatic N) is 1. The molecule has 1 aromatic rings. The predicted molar refractivity (Wildman–Crippen MR) is 62.9 cm³/mol. The molecule has 6 heteroatoms. The third kappa shape index (κ3) is 3.79. The first-order chi connectivity index (χ1) is 7.63. The van der Waals surface area contributed by atoms with Crippen molar-refractivity contribution in [1.82, 2.24) is 0 Å². The standard InChI is InChI=1S/C10H10BrN3O2/c11-8-2-1-7(6-12)9(5-8)14-3-4-16-10(13)15/h1-2,5,14H,3-4H2,(H2,13,15). The van der Waals surface area contributed by atoms with Crippen molar-refractivity contribution in [2.24, 2.45) is 5.73 Å². The molecule has 0 bridgehead atoms. The summed E-state index contributed by atoms with van der Waals surface area (Å²) in [5.74, 6) is 0. The van der Waals surface area contributed by atoms with Gasteiger partial charge in [0.1, 0.15) is 12.7 Å². The summed E-state index contributed by atoms with van der Waals surface area (Å²) in [6.45, 7) is 0.556. The van der Waals surface area contributed by atoms with Crippen LogP contribution in [0, 0.1) is 11.3 Å². The maximum absolute atomic E-state index is 10.3. The Balaban J connectivity index is 2.56. The van der Waals surface area contributed by atoms with E-state index >= 15 is 0 Å². The van der Waals surface area contributed by atoms with Gasteiger partial charge in [0.25, 0.3) is 0 Å². The Kier molecular flexibility index (Phi) is 4.61. The van der Waals surface area contributed by atoms with Gasteiger partial charge in [-0.15, -0.1) is 0 Å². The first kappa shape index (κ1) is 12.3. The second kappa shape index (κ2) is 5.98. The van der Waals surface area contributed by atoms with Crippen LogP contribution < -0.4 is 11.1 Å². The molecule has 0 saturated heterocycles. The number of primary amides is 1. The van der Waals surface area contributed by atoms with Gasteiger partial charge in [0.2, 0.25) is 0 Å². The second-order valence-electron chi connectivity index (χ2n) is 2.90. The molecule has 1 amide bonds. The van der Waals surface area contributed by atoms with Crippen LogP contribution in [0.25, 0.3) is 0 Å². The minimum atomic E-state index is -0.809. The van der Waals surface area contributed by atoms with Crippen LogP contribution in [0.4, 0.5) is 10.5 Å². The molecule has 1 aromatic carbocycles. The minimum absolute atomic E-state index is 0.159. The van der Waals surface area contributed by atoms with E-state index in [0.717, 1.165) is 4.47 Å². The van der Waals surface area contributed by atoms with Gasteiger partial charge < -0.3 is 15.8 Å². The molecule has 0 unspecified atom stereocenters. The van der Waals surface area contributed by atoms with Gasteiger partial charge in [-0.2, -0.15) is 5.26 Å². The van der Waals surface area contributed by atoms with Crippen molar-refractivity contribution in [2.75, 3.05) is 18.5 Å². The lowest BCUT2D eigenvalue weighted by Gasteiger charge is -2.08. The largest absolute Gasteiger partial charge is 0.448 e. The number of carbonyl (C=O) groups is 1. The first-order valence-electron chi connectivity index (χ1n) is 4.49. The fourth-order valence-corrected chi connectivity index (χ4v) is 1.46. The molecular formula is C10H10BrN3O2. The zero-order valence-corrected chi connectivity index (χ0v) is 9.95. The molecule has 0 saturated carbocycles.